The predicted octanol–water partition coefficient (Wildman–Crippen LogP) is 7.86. The molecule has 0 aromatic heterocycles. The van der Waals surface area contributed by atoms with E-state index >= 15 is 0 Å². The summed E-state index contributed by atoms with van der Waals surface area (Å²) in [6, 6.07) is 0. The summed E-state index contributed by atoms with van der Waals surface area (Å²) in [7, 11) is 0. The standard InChI is InChI=1S/C20H19F17O2/c1-7-8(2)10-5-9(7)6-11(10)12(38)39-4-3-13(21,22)14(23,24)15(25,26)16(27,28)17(29,30)18(31,32)19(33,34)20(35,36)37/h7-11H,3-6H2,1-2H3. The van der Waals surface area contributed by atoms with Gasteiger partial charge < -0.3 is 4.74 Å². The zero-order valence-electron chi connectivity index (χ0n) is 19.5. The lowest BCUT2D eigenvalue weighted by Gasteiger charge is -2.42. The van der Waals surface area contributed by atoms with E-state index in [1.54, 1.807) is 6.92 Å². The maximum Gasteiger partial charge on any atom is 0.460 e. The van der Waals surface area contributed by atoms with Crippen LogP contribution in [0.3, 0.4) is 0 Å². The van der Waals surface area contributed by atoms with Gasteiger partial charge in [-0.25, -0.2) is 0 Å². The van der Waals surface area contributed by atoms with E-state index in [9.17, 15) is 79.4 Å². The molecule has 0 amide bonds. The largest absolute Gasteiger partial charge is 0.465 e. The first kappa shape index (κ1) is 33.5. The Bertz CT molecular complexity index is 924. The highest BCUT2D eigenvalue weighted by Gasteiger charge is 2.95. The van der Waals surface area contributed by atoms with E-state index < -0.39 is 72.5 Å². The maximum atomic E-state index is 13.9. The van der Waals surface area contributed by atoms with Crippen LogP contribution in [0.1, 0.15) is 33.1 Å². The summed E-state index contributed by atoms with van der Waals surface area (Å²) in [4.78, 5) is 12.1. The molecule has 2 rings (SSSR count). The van der Waals surface area contributed by atoms with E-state index in [-0.39, 0.29) is 30.1 Å². The Balaban J connectivity index is 2.24. The van der Waals surface area contributed by atoms with Gasteiger partial charge in [-0.2, -0.15) is 74.6 Å². The van der Waals surface area contributed by atoms with Gasteiger partial charge >= 0.3 is 53.6 Å². The first-order valence-electron chi connectivity index (χ1n) is 10.9. The number of hydrogen-bond donors (Lipinski definition) is 0. The molecule has 2 saturated carbocycles. The summed E-state index contributed by atoms with van der Waals surface area (Å²) in [6.07, 6.45) is -9.86. The zero-order valence-corrected chi connectivity index (χ0v) is 19.5. The Morgan fingerprint density at radius 3 is 1.41 bits per heavy atom. The van der Waals surface area contributed by atoms with Crippen LogP contribution in [0.5, 0.6) is 0 Å². The van der Waals surface area contributed by atoms with E-state index in [0.717, 1.165) is 0 Å². The molecule has 0 saturated heterocycles. The fourth-order valence-corrected chi connectivity index (χ4v) is 4.95. The number of esters is 1. The summed E-state index contributed by atoms with van der Waals surface area (Å²) in [5, 5.41) is 0. The quantitative estimate of drug-likeness (QED) is 0.185. The molecular weight excluding hydrogens is 595 g/mol. The second-order valence-corrected chi connectivity index (χ2v) is 9.79. The SMILES string of the molecule is CC1C2CC(C(=O)OCCC(F)(F)C(F)(F)C(F)(F)C(F)(F)C(F)(F)C(F)(F)C(F)(F)C(F)(F)F)C(C2)C1C. The average molecular weight is 614 g/mol. The molecule has 0 radical (unpaired) electrons. The van der Waals surface area contributed by atoms with E-state index in [1.165, 1.54) is 0 Å². The molecule has 0 N–H and O–H groups in total. The molecule has 0 heterocycles. The highest BCUT2D eigenvalue weighted by molar-refractivity contribution is 5.73. The monoisotopic (exact) mass is 614 g/mol. The number of carbonyl (C=O) groups excluding carboxylic acids is 1. The number of ether oxygens (including phenoxy) is 1. The van der Waals surface area contributed by atoms with Crippen molar-refractivity contribution in [1.82, 2.24) is 0 Å². The number of carbonyl (C=O) groups is 1. The summed E-state index contributed by atoms with van der Waals surface area (Å²) in [5.74, 6) is -59.1. The van der Waals surface area contributed by atoms with Gasteiger partial charge in [0.2, 0.25) is 0 Å². The molecule has 0 spiro atoms. The fourth-order valence-electron chi connectivity index (χ4n) is 4.95. The minimum Gasteiger partial charge on any atom is -0.465 e. The van der Waals surface area contributed by atoms with Crippen molar-refractivity contribution >= 4 is 5.97 Å². The third kappa shape index (κ3) is 4.60. The molecule has 0 aromatic carbocycles. The van der Waals surface area contributed by atoms with Gasteiger partial charge in [-0.05, 0) is 36.5 Å². The molecule has 2 aliphatic carbocycles. The molecule has 2 fully saturated rings. The first-order valence-corrected chi connectivity index (χ1v) is 10.9. The van der Waals surface area contributed by atoms with Crippen molar-refractivity contribution < 1.29 is 84.2 Å². The summed E-state index contributed by atoms with van der Waals surface area (Å²) in [5.41, 5.74) is 0. The highest BCUT2D eigenvalue weighted by atomic mass is 19.4. The Kier molecular flexibility index (Phi) is 8.08. The Hall–Kier alpha value is -1.72. The summed E-state index contributed by atoms with van der Waals surface area (Å²) in [6.45, 7) is 1.72. The van der Waals surface area contributed by atoms with Crippen LogP contribution >= 0.6 is 0 Å². The van der Waals surface area contributed by atoms with Crippen LogP contribution in [0.2, 0.25) is 0 Å². The fraction of sp³-hybridized carbons (Fsp3) is 0.950. The smallest absolute Gasteiger partial charge is 0.460 e. The Labute approximate surface area is 208 Å². The number of alkyl halides is 17. The molecule has 0 aliphatic heterocycles. The molecular formula is C20H19F17O2. The molecule has 2 bridgehead atoms. The molecule has 5 atom stereocenters. The van der Waals surface area contributed by atoms with Crippen LogP contribution in [-0.2, 0) is 9.53 Å². The van der Waals surface area contributed by atoms with Gasteiger partial charge in [0.05, 0.1) is 18.9 Å². The number of halogens is 17. The van der Waals surface area contributed by atoms with E-state index in [1.807, 2.05) is 6.92 Å². The van der Waals surface area contributed by atoms with Gasteiger partial charge in [0.25, 0.3) is 0 Å². The molecule has 39 heavy (non-hydrogen) atoms. The van der Waals surface area contributed by atoms with E-state index in [0.29, 0.717) is 6.42 Å². The molecule has 5 unspecified atom stereocenters. The normalized spacial score (nSPS) is 27.7. The van der Waals surface area contributed by atoms with Crippen molar-refractivity contribution in [3.63, 3.8) is 0 Å². The lowest BCUT2D eigenvalue weighted by Crippen LogP contribution is -2.74. The number of rotatable bonds is 10. The second kappa shape index (κ2) is 9.41. The van der Waals surface area contributed by atoms with Crippen molar-refractivity contribution in [2.75, 3.05) is 6.61 Å². The first-order chi connectivity index (χ1) is 17.0. The van der Waals surface area contributed by atoms with Crippen LogP contribution in [0.15, 0.2) is 0 Å². The topological polar surface area (TPSA) is 26.3 Å². The molecule has 19 heteroatoms. The van der Waals surface area contributed by atoms with Gasteiger partial charge in [-0.15, -0.1) is 0 Å². The third-order valence-corrected chi connectivity index (χ3v) is 7.65. The lowest BCUT2D eigenvalue weighted by molar-refractivity contribution is -0.461. The van der Waals surface area contributed by atoms with Crippen molar-refractivity contribution in [3.8, 4) is 0 Å². The third-order valence-electron chi connectivity index (χ3n) is 7.65. The number of fused-ring (bicyclic) bond motifs is 2. The minimum absolute atomic E-state index is 0.0127. The van der Waals surface area contributed by atoms with Crippen molar-refractivity contribution in [1.29, 1.82) is 0 Å². The molecule has 2 aliphatic rings. The van der Waals surface area contributed by atoms with Gasteiger partial charge in [0.1, 0.15) is 0 Å². The van der Waals surface area contributed by atoms with Crippen molar-refractivity contribution in [2.24, 2.45) is 29.6 Å². The van der Waals surface area contributed by atoms with Crippen molar-refractivity contribution in [2.45, 2.75) is 80.7 Å². The average Bonchev–Trinajstić information content (AvgIpc) is 3.31. The van der Waals surface area contributed by atoms with Gasteiger partial charge in [0.15, 0.2) is 0 Å². The maximum absolute atomic E-state index is 13.9. The van der Waals surface area contributed by atoms with E-state index in [4.69, 9.17) is 0 Å². The van der Waals surface area contributed by atoms with Crippen LogP contribution in [0, 0.1) is 29.6 Å². The minimum atomic E-state index is -8.66. The van der Waals surface area contributed by atoms with Gasteiger partial charge in [-0.1, -0.05) is 13.8 Å². The second-order valence-electron chi connectivity index (χ2n) is 9.79. The van der Waals surface area contributed by atoms with Gasteiger partial charge in [0, 0.05) is 0 Å². The Morgan fingerprint density at radius 1 is 0.615 bits per heavy atom. The Morgan fingerprint density at radius 2 is 1.03 bits per heavy atom. The molecule has 230 valence electrons. The summed E-state index contributed by atoms with van der Waals surface area (Å²) < 4.78 is 230. The van der Waals surface area contributed by atoms with Crippen LogP contribution in [0.25, 0.3) is 0 Å². The lowest BCUT2D eigenvalue weighted by atomic mass is 9.76. The highest BCUT2D eigenvalue weighted by Crippen LogP contribution is 2.64. The predicted molar refractivity (Wildman–Crippen MR) is 94.3 cm³/mol. The number of hydrogen-bond acceptors (Lipinski definition) is 2. The van der Waals surface area contributed by atoms with Crippen molar-refractivity contribution in [3.05, 3.63) is 0 Å². The van der Waals surface area contributed by atoms with Crippen LogP contribution in [-0.4, -0.2) is 60.2 Å². The molecule has 0 aromatic rings. The van der Waals surface area contributed by atoms with E-state index in [2.05, 4.69) is 4.74 Å². The zero-order chi connectivity index (χ0) is 31.0. The van der Waals surface area contributed by atoms with Gasteiger partial charge in [-0.3, -0.25) is 4.79 Å². The van der Waals surface area contributed by atoms with Crippen LogP contribution < -0.4 is 0 Å². The van der Waals surface area contributed by atoms with Crippen LogP contribution in [0.4, 0.5) is 74.6 Å². The molecule has 2 nitrogen and oxygen atoms in total. The summed E-state index contributed by atoms with van der Waals surface area (Å²) >= 11 is 0.